The van der Waals surface area contributed by atoms with Crippen LogP contribution in [-0.2, 0) is 0 Å². The number of amides is 2. The number of benzene rings is 1. The first-order valence-electron chi connectivity index (χ1n) is 5.78. The molecule has 0 aromatic heterocycles. The number of hydrogen-bond donors (Lipinski definition) is 3. The van der Waals surface area contributed by atoms with Gasteiger partial charge in [-0.2, -0.15) is 0 Å². The molecule has 1 rings (SSSR count). The van der Waals surface area contributed by atoms with E-state index in [1.54, 1.807) is 13.8 Å². The summed E-state index contributed by atoms with van der Waals surface area (Å²) < 4.78 is 0. The van der Waals surface area contributed by atoms with Crippen LogP contribution in [0.3, 0.4) is 0 Å². The summed E-state index contributed by atoms with van der Waals surface area (Å²) in [5.74, 6) is -1.57. The Morgan fingerprint density at radius 3 is 2.35 bits per heavy atom. The molecule has 0 bridgehead atoms. The van der Waals surface area contributed by atoms with E-state index < -0.39 is 16.9 Å². The average molecular weight is 281 g/mol. The van der Waals surface area contributed by atoms with E-state index in [0.29, 0.717) is 0 Å². The number of nitro groups is 1. The normalized spacial score (nSPS) is 10.4. The Balaban J connectivity index is 3.81. The van der Waals surface area contributed by atoms with Gasteiger partial charge in [-0.1, -0.05) is 13.8 Å². The van der Waals surface area contributed by atoms with Gasteiger partial charge in [-0.3, -0.25) is 10.1 Å². The van der Waals surface area contributed by atoms with E-state index in [-0.39, 0.29) is 34.0 Å². The number of primary amides is 1. The first-order chi connectivity index (χ1) is 9.16. The summed E-state index contributed by atoms with van der Waals surface area (Å²) in [6.07, 6.45) is 0. The van der Waals surface area contributed by atoms with E-state index in [0.717, 1.165) is 0 Å². The molecule has 0 heterocycles. The Labute approximate surface area is 114 Å². The highest BCUT2D eigenvalue weighted by molar-refractivity contribution is 5.98. The number of anilines is 1. The highest BCUT2D eigenvalue weighted by Gasteiger charge is 2.28. The third-order valence-corrected chi connectivity index (χ3v) is 2.77. The third-order valence-electron chi connectivity index (χ3n) is 2.77. The smallest absolute Gasteiger partial charge is 0.336 e. The first-order valence-corrected chi connectivity index (χ1v) is 5.78. The van der Waals surface area contributed by atoms with E-state index in [9.17, 15) is 24.8 Å². The molecule has 0 aliphatic rings. The van der Waals surface area contributed by atoms with Gasteiger partial charge in [-0.15, -0.1) is 0 Å². The monoisotopic (exact) mass is 281 g/mol. The van der Waals surface area contributed by atoms with Crippen molar-refractivity contribution in [2.45, 2.75) is 26.7 Å². The van der Waals surface area contributed by atoms with Crippen molar-refractivity contribution in [3.8, 4) is 0 Å². The molecule has 1 aromatic rings. The highest BCUT2D eigenvalue weighted by atomic mass is 16.6. The standard InChI is InChI=1S/C12H15N3O5/c1-5(2)8-7(11(16)17)4-6(3)10(15(19)20)9(8)14-12(13)18/h4-5H,1-3H3,(H,16,17)(H3,13,14,18). The number of carbonyl (C=O) groups is 2. The van der Waals surface area contributed by atoms with Crippen molar-refractivity contribution in [3.63, 3.8) is 0 Å². The van der Waals surface area contributed by atoms with Crippen LogP contribution in [0.4, 0.5) is 16.2 Å². The van der Waals surface area contributed by atoms with Crippen LogP contribution in [0, 0.1) is 17.0 Å². The lowest BCUT2D eigenvalue weighted by Crippen LogP contribution is -2.23. The van der Waals surface area contributed by atoms with Crippen LogP contribution < -0.4 is 11.1 Å². The van der Waals surface area contributed by atoms with E-state index >= 15 is 0 Å². The summed E-state index contributed by atoms with van der Waals surface area (Å²) in [6.45, 7) is 4.75. The number of rotatable bonds is 4. The van der Waals surface area contributed by atoms with Gasteiger partial charge in [-0.05, 0) is 24.5 Å². The largest absolute Gasteiger partial charge is 0.478 e. The van der Waals surface area contributed by atoms with Crippen molar-refractivity contribution in [2.24, 2.45) is 5.73 Å². The molecule has 0 unspecified atom stereocenters. The topological polar surface area (TPSA) is 136 Å². The minimum atomic E-state index is -1.22. The Bertz CT molecular complexity index is 595. The number of nitrogens with one attached hydrogen (secondary N) is 1. The molecule has 0 spiro atoms. The van der Waals surface area contributed by atoms with Gasteiger partial charge in [0.2, 0.25) is 0 Å². The lowest BCUT2D eigenvalue weighted by atomic mass is 9.92. The fourth-order valence-corrected chi connectivity index (χ4v) is 2.08. The second-order valence-corrected chi connectivity index (χ2v) is 4.58. The third kappa shape index (κ3) is 2.85. The molecule has 20 heavy (non-hydrogen) atoms. The summed E-state index contributed by atoms with van der Waals surface area (Å²) in [6, 6.07) is 0.235. The summed E-state index contributed by atoms with van der Waals surface area (Å²) in [4.78, 5) is 32.8. The predicted molar refractivity (Wildman–Crippen MR) is 72.1 cm³/mol. The summed E-state index contributed by atoms with van der Waals surface area (Å²) in [5, 5.41) is 22.5. The summed E-state index contributed by atoms with van der Waals surface area (Å²) >= 11 is 0. The molecule has 0 radical (unpaired) electrons. The van der Waals surface area contributed by atoms with Gasteiger partial charge >= 0.3 is 12.0 Å². The molecule has 4 N–H and O–H groups in total. The van der Waals surface area contributed by atoms with Gasteiger partial charge in [0.15, 0.2) is 0 Å². The van der Waals surface area contributed by atoms with Crippen LogP contribution in [0.25, 0.3) is 0 Å². The number of carbonyl (C=O) groups excluding carboxylic acids is 1. The summed E-state index contributed by atoms with van der Waals surface area (Å²) in [5.41, 5.74) is 4.73. The lowest BCUT2D eigenvalue weighted by molar-refractivity contribution is -0.384. The maximum atomic E-state index is 11.3. The Hall–Kier alpha value is -2.64. The van der Waals surface area contributed by atoms with E-state index in [2.05, 4.69) is 5.32 Å². The van der Waals surface area contributed by atoms with Crippen LogP contribution in [0.15, 0.2) is 6.07 Å². The number of urea groups is 1. The molecule has 2 amide bonds. The maximum Gasteiger partial charge on any atom is 0.336 e. The van der Waals surface area contributed by atoms with Crippen LogP contribution in [0.2, 0.25) is 0 Å². The van der Waals surface area contributed by atoms with Gasteiger partial charge < -0.3 is 16.2 Å². The molecule has 108 valence electrons. The SMILES string of the molecule is Cc1cc(C(=O)O)c(C(C)C)c(NC(N)=O)c1[N+](=O)[O-]. The lowest BCUT2D eigenvalue weighted by Gasteiger charge is -2.17. The number of aromatic carboxylic acids is 1. The molecule has 0 aliphatic carbocycles. The van der Waals surface area contributed by atoms with Crippen LogP contribution >= 0.6 is 0 Å². The van der Waals surface area contributed by atoms with Gasteiger partial charge in [0.05, 0.1) is 10.5 Å². The number of nitro benzene ring substituents is 1. The Kier molecular flexibility index (Phi) is 4.28. The van der Waals surface area contributed by atoms with Gasteiger partial charge in [0.25, 0.3) is 5.69 Å². The Morgan fingerprint density at radius 2 is 2.00 bits per heavy atom. The molecule has 0 atom stereocenters. The molecule has 8 heteroatoms. The zero-order valence-corrected chi connectivity index (χ0v) is 11.3. The molecule has 8 nitrogen and oxygen atoms in total. The second-order valence-electron chi connectivity index (χ2n) is 4.58. The molecular weight excluding hydrogens is 266 g/mol. The number of aryl methyl sites for hydroxylation is 1. The van der Waals surface area contributed by atoms with E-state index in [1.807, 2.05) is 0 Å². The fourth-order valence-electron chi connectivity index (χ4n) is 2.08. The number of carboxylic acids is 1. The molecule has 0 saturated carbocycles. The first kappa shape index (κ1) is 15.4. The van der Waals surface area contributed by atoms with Crippen LogP contribution in [0.1, 0.15) is 41.3 Å². The highest BCUT2D eigenvalue weighted by Crippen LogP contribution is 2.38. The van der Waals surface area contributed by atoms with Crippen molar-refractivity contribution in [3.05, 3.63) is 32.9 Å². The number of carboxylic acid groups (broad SMARTS) is 1. The van der Waals surface area contributed by atoms with Crippen molar-refractivity contribution in [1.82, 2.24) is 0 Å². The van der Waals surface area contributed by atoms with Gasteiger partial charge in [-0.25, -0.2) is 9.59 Å². The molecular formula is C12H15N3O5. The molecule has 1 aromatic carbocycles. The fraction of sp³-hybridized carbons (Fsp3) is 0.333. The second kappa shape index (κ2) is 5.55. The predicted octanol–water partition coefficient (Wildman–Crippen LogP) is 2.22. The number of nitrogens with zero attached hydrogens (tertiary/aromatic N) is 1. The zero-order valence-electron chi connectivity index (χ0n) is 11.3. The average Bonchev–Trinajstić information content (AvgIpc) is 2.25. The molecule has 0 fully saturated rings. The minimum absolute atomic E-state index is 0.0909. The minimum Gasteiger partial charge on any atom is -0.478 e. The van der Waals surface area contributed by atoms with E-state index in [1.165, 1.54) is 13.0 Å². The van der Waals surface area contributed by atoms with Crippen molar-refractivity contribution in [1.29, 1.82) is 0 Å². The molecule has 0 aliphatic heterocycles. The Morgan fingerprint density at radius 1 is 1.45 bits per heavy atom. The molecule has 0 saturated heterocycles. The van der Waals surface area contributed by atoms with Gasteiger partial charge in [0, 0.05) is 5.56 Å². The number of nitrogens with two attached hydrogens (primary N) is 1. The number of hydrogen-bond acceptors (Lipinski definition) is 4. The van der Waals surface area contributed by atoms with Crippen molar-refractivity contribution in [2.75, 3.05) is 5.32 Å². The van der Waals surface area contributed by atoms with Crippen LogP contribution in [0.5, 0.6) is 0 Å². The zero-order chi connectivity index (χ0) is 15.6. The summed E-state index contributed by atoms with van der Waals surface area (Å²) in [7, 11) is 0. The van der Waals surface area contributed by atoms with Crippen LogP contribution in [-0.4, -0.2) is 22.0 Å². The van der Waals surface area contributed by atoms with Gasteiger partial charge in [0.1, 0.15) is 5.69 Å². The van der Waals surface area contributed by atoms with E-state index in [4.69, 9.17) is 5.73 Å². The quantitative estimate of drug-likeness (QED) is 0.574. The maximum absolute atomic E-state index is 11.3. The van der Waals surface area contributed by atoms with Crippen molar-refractivity contribution >= 4 is 23.4 Å². The van der Waals surface area contributed by atoms with Crippen molar-refractivity contribution < 1.29 is 19.6 Å².